The third-order valence-electron chi connectivity index (χ3n) is 6.09. The Hall–Kier alpha value is -3.22. The minimum atomic E-state index is -0.635. The largest absolute Gasteiger partial charge is 0.491 e. The highest BCUT2D eigenvalue weighted by Gasteiger charge is 2.33. The number of hydrogen-bond acceptors (Lipinski definition) is 11. The predicted octanol–water partition coefficient (Wildman–Crippen LogP) is 2.72. The second kappa shape index (κ2) is 10.8. The summed E-state index contributed by atoms with van der Waals surface area (Å²) in [5.74, 6) is 2.18. The van der Waals surface area contributed by atoms with Crippen molar-refractivity contribution in [2.45, 2.75) is 20.3 Å². The Kier molecular flexibility index (Phi) is 7.35. The van der Waals surface area contributed by atoms with E-state index in [-0.39, 0.29) is 0 Å². The van der Waals surface area contributed by atoms with Gasteiger partial charge in [-0.05, 0) is 32.4 Å². The highest BCUT2D eigenvalue weighted by atomic mass is 32.1. The minimum absolute atomic E-state index is 0.338. The average molecular weight is 515 g/mol. The molecule has 12 heteroatoms. The standard InChI is InChI=1S/C24H30N6O5S/c1-15-22(36-16(2)26-15)35-24(31)28-23-27-19-17(21-25-7-9-30(21)23)5-6-18(20(19)32-3)34-12-4-8-29-10-13-33-14-11-29/h5-6H,4,7-14H2,1-3H3,(H,27,28,31). The molecule has 0 radical (unpaired) electrons. The zero-order valence-corrected chi connectivity index (χ0v) is 21.5. The van der Waals surface area contributed by atoms with Crippen molar-refractivity contribution < 1.29 is 23.7 Å². The van der Waals surface area contributed by atoms with Gasteiger partial charge < -0.3 is 18.9 Å². The van der Waals surface area contributed by atoms with Crippen molar-refractivity contribution in [3.05, 3.63) is 28.4 Å². The molecule has 0 atom stereocenters. The van der Waals surface area contributed by atoms with Crippen LogP contribution in [-0.2, 0) is 4.74 Å². The van der Waals surface area contributed by atoms with E-state index >= 15 is 0 Å². The number of methoxy groups -OCH3 is 1. The van der Waals surface area contributed by atoms with Crippen molar-refractivity contribution in [3.63, 3.8) is 0 Å². The molecule has 2 aromatic rings. The first-order chi connectivity index (χ1) is 17.5. The summed E-state index contributed by atoms with van der Waals surface area (Å²) in [5, 5.41) is 4.07. The smallest absolute Gasteiger partial charge is 0.420 e. The van der Waals surface area contributed by atoms with Crippen molar-refractivity contribution in [1.29, 1.82) is 0 Å². The molecule has 1 amide bonds. The number of guanidine groups is 1. The first-order valence-electron chi connectivity index (χ1n) is 12.0. The van der Waals surface area contributed by atoms with E-state index in [9.17, 15) is 4.79 Å². The maximum absolute atomic E-state index is 12.7. The molecule has 4 heterocycles. The molecule has 3 aliphatic heterocycles. The van der Waals surface area contributed by atoms with E-state index in [1.807, 2.05) is 24.0 Å². The van der Waals surface area contributed by atoms with Crippen molar-refractivity contribution >= 4 is 34.9 Å². The Morgan fingerprint density at radius 3 is 2.81 bits per heavy atom. The maximum Gasteiger partial charge on any atom is 0.420 e. The fraction of sp³-hybridized carbons (Fsp3) is 0.500. The summed E-state index contributed by atoms with van der Waals surface area (Å²) in [6.45, 7) is 9.85. The molecular weight excluding hydrogens is 484 g/mol. The maximum atomic E-state index is 12.7. The summed E-state index contributed by atoms with van der Waals surface area (Å²) < 4.78 is 22.7. The summed E-state index contributed by atoms with van der Waals surface area (Å²) in [5.41, 5.74) is 2.07. The normalized spacial score (nSPS) is 17.1. The molecule has 1 saturated heterocycles. The zero-order valence-electron chi connectivity index (χ0n) is 20.7. The molecule has 0 unspecified atom stereocenters. The second-order valence-corrected chi connectivity index (χ2v) is 9.73. The molecule has 1 fully saturated rings. The number of aliphatic imine (C=N–C) groups is 2. The van der Waals surface area contributed by atoms with Crippen LogP contribution in [-0.4, -0.2) is 92.3 Å². The van der Waals surface area contributed by atoms with E-state index in [0.29, 0.717) is 53.6 Å². The number of benzene rings is 1. The van der Waals surface area contributed by atoms with Gasteiger partial charge in [0.15, 0.2) is 11.5 Å². The van der Waals surface area contributed by atoms with Crippen LogP contribution in [0.2, 0.25) is 0 Å². The molecule has 1 aromatic heterocycles. The number of fused-ring (bicyclic) bond motifs is 3. The monoisotopic (exact) mass is 514 g/mol. The molecule has 3 aliphatic rings. The van der Waals surface area contributed by atoms with Gasteiger partial charge in [0.2, 0.25) is 11.0 Å². The van der Waals surface area contributed by atoms with E-state index < -0.39 is 6.09 Å². The van der Waals surface area contributed by atoms with Crippen molar-refractivity contribution in [3.8, 4) is 16.6 Å². The van der Waals surface area contributed by atoms with E-state index in [1.54, 1.807) is 14.0 Å². The Morgan fingerprint density at radius 2 is 2.06 bits per heavy atom. The van der Waals surface area contributed by atoms with Crippen LogP contribution >= 0.6 is 11.3 Å². The number of carbonyl (C=O) groups is 1. The lowest BCUT2D eigenvalue weighted by Crippen LogP contribution is -2.48. The highest BCUT2D eigenvalue weighted by Crippen LogP contribution is 2.43. The van der Waals surface area contributed by atoms with Crippen molar-refractivity contribution in [2.24, 2.45) is 9.98 Å². The highest BCUT2D eigenvalue weighted by molar-refractivity contribution is 7.13. The van der Waals surface area contributed by atoms with Gasteiger partial charge in [0, 0.05) is 31.7 Å². The van der Waals surface area contributed by atoms with Crippen molar-refractivity contribution in [2.75, 3.05) is 59.7 Å². The molecule has 0 aliphatic carbocycles. The number of amidine groups is 1. The molecule has 0 bridgehead atoms. The lowest BCUT2D eigenvalue weighted by Gasteiger charge is -2.28. The Bertz CT molecular complexity index is 1190. The van der Waals surface area contributed by atoms with Crippen molar-refractivity contribution in [1.82, 2.24) is 20.1 Å². The van der Waals surface area contributed by atoms with E-state index in [4.69, 9.17) is 23.9 Å². The number of nitrogens with one attached hydrogen (secondary N) is 1. The number of ether oxygens (including phenoxy) is 4. The number of rotatable bonds is 7. The Balaban J connectivity index is 1.32. The quantitative estimate of drug-likeness (QED) is 0.562. The molecule has 5 rings (SSSR count). The number of thiazole rings is 1. The number of nitrogens with zero attached hydrogens (tertiary/aromatic N) is 5. The van der Waals surface area contributed by atoms with Crippen LogP contribution in [0.15, 0.2) is 22.1 Å². The van der Waals surface area contributed by atoms with Gasteiger partial charge in [-0.15, -0.1) is 0 Å². The van der Waals surface area contributed by atoms with Crippen LogP contribution in [0.5, 0.6) is 16.6 Å². The van der Waals surface area contributed by atoms with Gasteiger partial charge in [-0.25, -0.2) is 14.8 Å². The first kappa shape index (κ1) is 24.5. The molecule has 1 aromatic carbocycles. The van der Waals surface area contributed by atoms with Gasteiger partial charge in [0.1, 0.15) is 11.5 Å². The van der Waals surface area contributed by atoms with E-state index in [0.717, 1.165) is 55.7 Å². The van der Waals surface area contributed by atoms with Gasteiger partial charge in [-0.3, -0.25) is 20.1 Å². The number of aromatic nitrogens is 1. The number of morpholine rings is 1. The Labute approximate surface area is 213 Å². The number of carbonyl (C=O) groups excluding carboxylic acids is 1. The third kappa shape index (κ3) is 5.15. The summed E-state index contributed by atoms with van der Waals surface area (Å²) in [7, 11) is 1.59. The molecule has 36 heavy (non-hydrogen) atoms. The van der Waals surface area contributed by atoms with E-state index in [2.05, 4.69) is 20.2 Å². The average Bonchev–Trinajstić information content (AvgIpc) is 3.48. The van der Waals surface area contributed by atoms with Crippen LogP contribution in [0.3, 0.4) is 0 Å². The first-order valence-corrected chi connectivity index (χ1v) is 12.8. The lowest BCUT2D eigenvalue weighted by atomic mass is 10.1. The van der Waals surface area contributed by atoms with Gasteiger partial charge in [-0.2, -0.15) is 0 Å². The zero-order chi connectivity index (χ0) is 25.1. The molecule has 11 nitrogen and oxygen atoms in total. The lowest BCUT2D eigenvalue weighted by molar-refractivity contribution is 0.0357. The van der Waals surface area contributed by atoms with Crippen LogP contribution in [0.1, 0.15) is 22.7 Å². The number of hydrogen-bond donors (Lipinski definition) is 1. The van der Waals surface area contributed by atoms with Crippen LogP contribution in [0.25, 0.3) is 0 Å². The number of amides is 1. The SMILES string of the molecule is COc1c(OCCCN2CCOCC2)ccc2c1N=C(NC(=O)Oc1sc(C)nc1C)N1CCN=C21. The van der Waals surface area contributed by atoms with Gasteiger partial charge in [0.25, 0.3) is 0 Å². The Morgan fingerprint density at radius 1 is 1.22 bits per heavy atom. The van der Waals surface area contributed by atoms with E-state index in [1.165, 1.54) is 11.3 Å². The van der Waals surface area contributed by atoms with Gasteiger partial charge in [-0.1, -0.05) is 11.3 Å². The van der Waals surface area contributed by atoms with Crippen LogP contribution in [0.4, 0.5) is 10.5 Å². The van der Waals surface area contributed by atoms with Crippen LogP contribution < -0.4 is 19.5 Å². The third-order valence-corrected chi connectivity index (χ3v) is 7.05. The molecule has 192 valence electrons. The summed E-state index contributed by atoms with van der Waals surface area (Å²) >= 11 is 1.32. The van der Waals surface area contributed by atoms with Crippen LogP contribution in [0, 0.1) is 13.8 Å². The predicted molar refractivity (Wildman–Crippen MR) is 136 cm³/mol. The van der Waals surface area contributed by atoms with Gasteiger partial charge >= 0.3 is 6.09 Å². The summed E-state index contributed by atoms with van der Waals surface area (Å²) in [6, 6.07) is 3.83. The fourth-order valence-electron chi connectivity index (χ4n) is 4.40. The molecule has 0 saturated carbocycles. The number of aryl methyl sites for hydroxylation is 2. The minimum Gasteiger partial charge on any atom is -0.491 e. The molecular formula is C24H30N6O5S. The summed E-state index contributed by atoms with van der Waals surface area (Å²) in [4.78, 5) is 30.6. The molecule has 1 N–H and O–H groups in total. The fourth-order valence-corrected chi connectivity index (χ4v) is 5.17. The van der Waals surface area contributed by atoms with Gasteiger partial charge in [0.05, 0.1) is 44.2 Å². The second-order valence-electron chi connectivity index (χ2n) is 8.56. The molecule has 0 spiro atoms. The topological polar surface area (TPSA) is 110 Å². The summed E-state index contributed by atoms with van der Waals surface area (Å²) in [6.07, 6.45) is 0.253.